The van der Waals surface area contributed by atoms with E-state index in [4.69, 9.17) is 14.2 Å². The molecule has 0 spiro atoms. The van der Waals surface area contributed by atoms with Crippen molar-refractivity contribution in [3.63, 3.8) is 0 Å². The Morgan fingerprint density at radius 1 is 1.03 bits per heavy atom. The Morgan fingerprint density at radius 2 is 1.81 bits per heavy atom. The van der Waals surface area contributed by atoms with E-state index in [1.807, 2.05) is 6.07 Å². The van der Waals surface area contributed by atoms with Gasteiger partial charge in [0, 0.05) is 17.5 Å². The molecule has 0 fully saturated rings. The molecule has 0 aromatic heterocycles. The van der Waals surface area contributed by atoms with Crippen LogP contribution in [0.5, 0.6) is 11.5 Å². The lowest BCUT2D eigenvalue weighted by Crippen LogP contribution is -2.15. The number of ether oxygens (including phenoxy) is 3. The van der Waals surface area contributed by atoms with Crippen LogP contribution in [0.2, 0.25) is 0 Å². The molecule has 4 nitrogen and oxygen atoms in total. The third-order valence-corrected chi connectivity index (χ3v) is 6.69. The Bertz CT molecular complexity index is 1160. The standard InChI is InChI=1S/C28H28O4/c1-17-6-4-7-18(2)28(17)21-9-5-8-19(12-21)24-11-10-20-13-23-22(14-27(29)30-3)16-31-26(23)15-25(20)32-24/h4-9,12-13,15,22,24H,10-11,14,16H2,1-3H3. The zero-order chi connectivity index (χ0) is 22.2. The van der Waals surface area contributed by atoms with Crippen molar-refractivity contribution in [2.75, 3.05) is 13.7 Å². The van der Waals surface area contributed by atoms with Crippen LogP contribution in [0, 0.1) is 13.8 Å². The molecule has 2 atom stereocenters. The molecule has 3 aromatic carbocycles. The first-order valence-electron chi connectivity index (χ1n) is 11.2. The quantitative estimate of drug-likeness (QED) is 0.473. The summed E-state index contributed by atoms with van der Waals surface area (Å²) in [6.07, 6.45) is 2.21. The summed E-state index contributed by atoms with van der Waals surface area (Å²) >= 11 is 0. The summed E-state index contributed by atoms with van der Waals surface area (Å²) in [5.74, 6) is 1.55. The van der Waals surface area contributed by atoms with E-state index in [0.717, 1.165) is 29.9 Å². The third-order valence-electron chi connectivity index (χ3n) is 6.69. The minimum atomic E-state index is -0.204. The SMILES string of the molecule is COC(=O)CC1COc2cc3c(cc21)CCC(c1cccc(-c2c(C)cccc2C)c1)O3. The van der Waals surface area contributed by atoms with Gasteiger partial charge >= 0.3 is 5.97 Å². The van der Waals surface area contributed by atoms with Gasteiger partial charge in [0.05, 0.1) is 20.1 Å². The van der Waals surface area contributed by atoms with Crippen LogP contribution >= 0.6 is 0 Å². The van der Waals surface area contributed by atoms with Crippen molar-refractivity contribution in [3.05, 3.63) is 82.4 Å². The second-order valence-corrected chi connectivity index (χ2v) is 8.82. The molecule has 4 heteroatoms. The Morgan fingerprint density at radius 3 is 2.59 bits per heavy atom. The van der Waals surface area contributed by atoms with Crippen molar-refractivity contribution < 1.29 is 19.0 Å². The molecule has 0 amide bonds. The lowest BCUT2D eigenvalue weighted by molar-refractivity contribution is -0.141. The first-order valence-corrected chi connectivity index (χ1v) is 11.2. The van der Waals surface area contributed by atoms with Gasteiger partial charge in [0.15, 0.2) is 0 Å². The molecule has 32 heavy (non-hydrogen) atoms. The summed E-state index contributed by atoms with van der Waals surface area (Å²) in [6.45, 7) is 4.83. The number of carbonyl (C=O) groups is 1. The molecule has 0 saturated carbocycles. The Hall–Kier alpha value is -3.27. The smallest absolute Gasteiger partial charge is 0.306 e. The zero-order valence-corrected chi connectivity index (χ0v) is 18.8. The fourth-order valence-corrected chi connectivity index (χ4v) is 5.01. The van der Waals surface area contributed by atoms with Gasteiger partial charge in [-0.2, -0.15) is 0 Å². The summed E-state index contributed by atoms with van der Waals surface area (Å²) in [7, 11) is 1.43. The van der Waals surface area contributed by atoms with Gasteiger partial charge in [0.25, 0.3) is 0 Å². The maximum atomic E-state index is 11.7. The van der Waals surface area contributed by atoms with E-state index in [1.165, 1.54) is 40.5 Å². The highest BCUT2D eigenvalue weighted by Gasteiger charge is 2.31. The monoisotopic (exact) mass is 428 g/mol. The van der Waals surface area contributed by atoms with Gasteiger partial charge in [-0.1, -0.05) is 36.4 Å². The van der Waals surface area contributed by atoms with Crippen molar-refractivity contribution in [1.29, 1.82) is 0 Å². The van der Waals surface area contributed by atoms with Crippen molar-refractivity contribution in [1.82, 2.24) is 0 Å². The van der Waals surface area contributed by atoms with E-state index in [2.05, 4.69) is 62.4 Å². The van der Waals surface area contributed by atoms with Crippen molar-refractivity contribution in [3.8, 4) is 22.6 Å². The molecule has 2 aliphatic rings. The first-order chi connectivity index (χ1) is 15.5. The number of fused-ring (bicyclic) bond motifs is 2. The van der Waals surface area contributed by atoms with Crippen LogP contribution < -0.4 is 9.47 Å². The van der Waals surface area contributed by atoms with Crippen molar-refractivity contribution >= 4 is 5.97 Å². The van der Waals surface area contributed by atoms with Gasteiger partial charge in [-0.15, -0.1) is 0 Å². The molecule has 0 N–H and O–H groups in total. The van der Waals surface area contributed by atoms with E-state index < -0.39 is 0 Å². The van der Waals surface area contributed by atoms with Crippen LogP contribution in [0.25, 0.3) is 11.1 Å². The summed E-state index contributed by atoms with van der Waals surface area (Å²) in [4.78, 5) is 11.7. The summed E-state index contributed by atoms with van der Waals surface area (Å²) in [5, 5.41) is 0. The molecule has 0 aliphatic carbocycles. The zero-order valence-electron chi connectivity index (χ0n) is 18.8. The maximum absolute atomic E-state index is 11.7. The summed E-state index contributed by atoms with van der Waals surface area (Å²) in [6, 6.07) is 19.3. The third kappa shape index (κ3) is 3.75. The molecule has 0 bridgehead atoms. The second-order valence-electron chi connectivity index (χ2n) is 8.82. The molecular weight excluding hydrogens is 400 g/mol. The van der Waals surface area contributed by atoms with Gasteiger partial charge in [0.2, 0.25) is 0 Å². The van der Waals surface area contributed by atoms with Crippen LogP contribution in [0.1, 0.15) is 52.7 Å². The van der Waals surface area contributed by atoms with Crippen molar-refractivity contribution in [2.24, 2.45) is 0 Å². The molecule has 164 valence electrons. The second kappa shape index (κ2) is 8.34. The lowest BCUT2D eigenvalue weighted by Gasteiger charge is -2.27. The Labute approximate surface area is 189 Å². The van der Waals surface area contributed by atoms with Gasteiger partial charge in [-0.25, -0.2) is 0 Å². The Balaban J connectivity index is 1.41. The highest BCUT2D eigenvalue weighted by Crippen LogP contribution is 2.44. The van der Waals surface area contributed by atoms with Crippen molar-refractivity contribution in [2.45, 2.75) is 45.1 Å². The first kappa shape index (κ1) is 20.6. The van der Waals surface area contributed by atoms with Gasteiger partial charge in [0.1, 0.15) is 17.6 Å². The molecule has 2 heterocycles. The highest BCUT2D eigenvalue weighted by atomic mass is 16.5. The summed E-state index contributed by atoms with van der Waals surface area (Å²) < 4.78 is 17.2. The maximum Gasteiger partial charge on any atom is 0.306 e. The predicted octanol–water partition coefficient (Wildman–Crippen LogP) is 6.08. The van der Waals surface area contributed by atoms with E-state index in [1.54, 1.807) is 0 Å². The topological polar surface area (TPSA) is 44.8 Å². The fourth-order valence-electron chi connectivity index (χ4n) is 5.01. The van der Waals surface area contributed by atoms with E-state index in [9.17, 15) is 4.79 Å². The number of methoxy groups -OCH3 is 1. The molecule has 5 rings (SSSR count). The normalized spacial score (nSPS) is 18.8. The van der Waals surface area contributed by atoms with Crippen LogP contribution in [-0.2, 0) is 16.0 Å². The Kier molecular flexibility index (Phi) is 5.38. The average Bonchev–Trinajstić information content (AvgIpc) is 3.18. The van der Waals surface area contributed by atoms with Gasteiger partial charge in [-0.05, 0) is 72.2 Å². The van der Waals surface area contributed by atoms with Crippen LogP contribution in [0.15, 0.2) is 54.6 Å². The minimum Gasteiger partial charge on any atom is -0.492 e. The number of hydrogen-bond acceptors (Lipinski definition) is 4. The van der Waals surface area contributed by atoms with Crippen LogP contribution in [-0.4, -0.2) is 19.7 Å². The molecule has 0 saturated heterocycles. The highest BCUT2D eigenvalue weighted by molar-refractivity contribution is 5.72. The number of rotatable bonds is 4. The summed E-state index contributed by atoms with van der Waals surface area (Å²) in [5.41, 5.74) is 8.57. The van der Waals surface area contributed by atoms with Gasteiger partial charge in [-0.3, -0.25) is 4.79 Å². The average molecular weight is 429 g/mol. The van der Waals surface area contributed by atoms with Crippen LogP contribution in [0.4, 0.5) is 0 Å². The van der Waals surface area contributed by atoms with Gasteiger partial charge < -0.3 is 14.2 Å². The minimum absolute atomic E-state index is 0.0112. The molecular formula is C28H28O4. The van der Waals surface area contributed by atoms with E-state index >= 15 is 0 Å². The predicted molar refractivity (Wildman–Crippen MR) is 124 cm³/mol. The molecule has 0 radical (unpaired) electrons. The number of aryl methyl sites for hydroxylation is 3. The molecule has 3 aromatic rings. The number of esters is 1. The largest absolute Gasteiger partial charge is 0.492 e. The number of hydrogen-bond donors (Lipinski definition) is 0. The lowest BCUT2D eigenvalue weighted by atomic mass is 9.90. The number of benzene rings is 3. The molecule has 2 unspecified atom stereocenters. The van der Waals surface area contributed by atoms with Crippen LogP contribution in [0.3, 0.4) is 0 Å². The molecule has 2 aliphatic heterocycles. The van der Waals surface area contributed by atoms with E-state index in [0.29, 0.717) is 13.0 Å². The fraction of sp³-hybridized carbons (Fsp3) is 0.321. The van der Waals surface area contributed by atoms with E-state index in [-0.39, 0.29) is 18.0 Å². The number of carbonyl (C=O) groups excluding carboxylic acids is 1.